The summed E-state index contributed by atoms with van der Waals surface area (Å²) in [6.07, 6.45) is 4.59. The van der Waals surface area contributed by atoms with Crippen LogP contribution in [0.3, 0.4) is 0 Å². The Labute approximate surface area is 169 Å². The molecule has 2 fully saturated rings. The third-order valence-electron chi connectivity index (χ3n) is 5.39. The summed E-state index contributed by atoms with van der Waals surface area (Å²) in [5, 5.41) is 19.6. The van der Waals surface area contributed by atoms with E-state index >= 15 is 0 Å². The SMILES string of the molecule is CC(C)(C)n1nc(C(=O)Nc2ccc(-c3nnnn3C3CC3)cc2)cc1C1CC1. The van der Waals surface area contributed by atoms with Crippen LogP contribution in [0.25, 0.3) is 11.4 Å². The molecule has 1 amide bonds. The molecule has 3 aromatic rings. The molecule has 0 saturated heterocycles. The summed E-state index contributed by atoms with van der Waals surface area (Å²) >= 11 is 0. The van der Waals surface area contributed by atoms with E-state index in [4.69, 9.17) is 0 Å². The minimum atomic E-state index is -0.189. The average molecular weight is 391 g/mol. The smallest absolute Gasteiger partial charge is 0.276 e. The van der Waals surface area contributed by atoms with Crippen molar-refractivity contribution in [3.63, 3.8) is 0 Å². The maximum Gasteiger partial charge on any atom is 0.276 e. The van der Waals surface area contributed by atoms with Crippen molar-refractivity contribution in [2.75, 3.05) is 5.32 Å². The maximum absolute atomic E-state index is 12.8. The molecule has 2 aliphatic carbocycles. The summed E-state index contributed by atoms with van der Waals surface area (Å²) < 4.78 is 3.88. The molecule has 0 unspecified atom stereocenters. The predicted octanol–water partition coefficient (Wildman–Crippen LogP) is 3.76. The molecule has 0 spiro atoms. The van der Waals surface area contributed by atoms with Crippen LogP contribution in [0.5, 0.6) is 0 Å². The van der Waals surface area contributed by atoms with Gasteiger partial charge in [-0.15, -0.1) is 5.10 Å². The van der Waals surface area contributed by atoms with Crippen molar-refractivity contribution < 1.29 is 4.79 Å². The summed E-state index contributed by atoms with van der Waals surface area (Å²) in [7, 11) is 0. The minimum Gasteiger partial charge on any atom is -0.321 e. The van der Waals surface area contributed by atoms with Crippen LogP contribution in [0.15, 0.2) is 30.3 Å². The normalized spacial score (nSPS) is 16.8. The number of nitrogens with zero attached hydrogens (tertiary/aromatic N) is 6. The molecule has 29 heavy (non-hydrogen) atoms. The predicted molar refractivity (Wildman–Crippen MR) is 109 cm³/mol. The first-order chi connectivity index (χ1) is 13.9. The van der Waals surface area contributed by atoms with Gasteiger partial charge in [0.15, 0.2) is 11.5 Å². The van der Waals surface area contributed by atoms with Crippen molar-refractivity contribution in [3.05, 3.63) is 41.7 Å². The highest BCUT2D eigenvalue weighted by atomic mass is 16.2. The lowest BCUT2D eigenvalue weighted by Gasteiger charge is -2.22. The number of amides is 1. The number of hydrogen-bond donors (Lipinski definition) is 1. The quantitative estimate of drug-likeness (QED) is 0.715. The van der Waals surface area contributed by atoms with Crippen LogP contribution in [-0.4, -0.2) is 35.9 Å². The number of nitrogens with one attached hydrogen (secondary N) is 1. The molecule has 8 heteroatoms. The van der Waals surface area contributed by atoms with Gasteiger partial charge in [-0.1, -0.05) is 0 Å². The van der Waals surface area contributed by atoms with E-state index in [1.807, 2.05) is 39.7 Å². The van der Waals surface area contributed by atoms with Gasteiger partial charge in [0.1, 0.15) is 0 Å². The Hall–Kier alpha value is -3.03. The van der Waals surface area contributed by atoms with Gasteiger partial charge in [0, 0.05) is 22.9 Å². The van der Waals surface area contributed by atoms with Crippen molar-refractivity contribution in [1.29, 1.82) is 0 Å². The number of benzene rings is 1. The van der Waals surface area contributed by atoms with E-state index in [2.05, 4.69) is 46.7 Å². The third-order valence-corrected chi connectivity index (χ3v) is 5.39. The second kappa shape index (κ2) is 6.50. The number of tetrazole rings is 1. The van der Waals surface area contributed by atoms with Crippen molar-refractivity contribution in [2.24, 2.45) is 0 Å². The highest BCUT2D eigenvalue weighted by molar-refractivity contribution is 6.03. The van der Waals surface area contributed by atoms with Gasteiger partial charge in [0.2, 0.25) is 0 Å². The van der Waals surface area contributed by atoms with Crippen molar-refractivity contribution in [3.8, 4) is 11.4 Å². The highest BCUT2D eigenvalue weighted by Gasteiger charge is 2.32. The fourth-order valence-electron chi connectivity index (χ4n) is 3.56. The van der Waals surface area contributed by atoms with Crippen LogP contribution >= 0.6 is 0 Å². The fraction of sp³-hybridized carbons (Fsp3) is 0.476. The number of hydrogen-bond acceptors (Lipinski definition) is 5. The standard InChI is InChI=1S/C21H25N7O/c1-21(2,3)28-18(13-4-5-13)12-17(24-28)20(29)22-15-8-6-14(7-9-15)19-23-25-26-27(19)16-10-11-16/h6-9,12-13,16H,4-5,10-11H2,1-3H3,(H,22,29). The van der Waals surface area contributed by atoms with Gasteiger partial charge in [-0.2, -0.15) is 5.10 Å². The molecule has 8 nitrogen and oxygen atoms in total. The highest BCUT2D eigenvalue weighted by Crippen LogP contribution is 2.42. The van der Waals surface area contributed by atoms with Crippen LogP contribution < -0.4 is 5.32 Å². The lowest BCUT2D eigenvalue weighted by molar-refractivity contribution is 0.102. The van der Waals surface area contributed by atoms with Crippen LogP contribution in [0.2, 0.25) is 0 Å². The molecule has 2 aliphatic rings. The van der Waals surface area contributed by atoms with E-state index < -0.39 is 0 Å². The number of aromatic nitrogens is 6. The summed E-state index contributed by atoms with van der Waals surface area (Å²) in [6.45, 7) is 6.34. The first-order valence-electron chi connectivity index (χ1n) is 10.2. The topological polar surface area (TPSA) is 90.5 Å². The first-order valence-corrected chi connectivity index (χ1v) is 10.2. The van der Waals surface area contributed by atoms with Crippen LogP contribution in [0.1, 0.15) is 74.6 Å². The van der Waals surface area contributed by atoms with E-state index in [-0.39, 0.29) is 11.4 Å². The van der Waals surface area contributed by atoms with Crippen molar-refractivity contribution in [1.82, 2.24) is 30.0 Å². The number of rotatable bonds is 5. The lowest BCUT2D eigenvalue weighted by atomic mass is 10.1. The molecule has 0 atom stereocenters. The zero-order valence-electron chi connectivity index (χ0n) is 17.0. The summed E-state index contributed by atoms with van der Waals surface area (Å²) in [5.74, 6) is 1.11. The second-order valence-corrected chi connectivity index (χ2v) is 9.02. The van der Waals surface area contributed by atoms with Gasteiger partial charge in [0.05, 0.1) is 11.6 Å². The zero-order chi connectivity index (χ0) is 20.2. The maximum atomic E-state index is 12.8. The van der Waals surface area contributed by atoms with E-state index in [1.165, 1.54) is 12.8 Å². The van der Waals surface area contributed by atoms with Crippen LogP contribution in [-0.2, 0) is 5.54 Å². The van der Waals surface area contributed by atoms with Gasteiger partial charge >= 0.3 is 0 Å². The Bertz CT molecular complexity index is 1050. The molecule has 0 bridgehead atoms. The Morgan fingerprint density at radius 2 is 1.83 bits per heavy atom. The Morgan fingerprint density at radius 3 is 2.45 bits per heavy atom. The van der Waals surface area contributed by atoms with E-state index in [0.29, 0.717) is 17.7 Å². The lowest BCUT2D eigenvalue weighted by Crippen LogP contribution is -2.25. The molecule has 2 saturated carbocycles. The Morgan fingerprint density at radius 1 is 1.10 bits per heavy atom. The minimum absolute atomic E-state index is 0.149. The van der Waals surface area contributed by atoms with E-state index in [9.17, 15) is 4.79 Å². The van der Waals surface area contributed by atoms with Gasteiger partial charge in [0.25, 0.3) is 5.91 Å². The van der Waals surface area contributed by atoms with Crippen LogP contribution in [0.4, 0.5) is 5.69 Å². The van der Waals surface area contributed by atoms with Crippen molar-refractivity contribution >= 4 is 11.6 Å². The molecule has 0 radical (unpaired) electrons. The fourth-order valence-corrected chi connectivity index (χ4v) is 3.56. The molecule has 150 valence electrons. The van der Waals surface area contributed by atoms with Crippen molar-refractivity contribution in [2.45, 2.75) is 64.0 Å². The molecular weight excluding hydrogens is 366 g/mol. The number of anilines is 1. The first kappa shape index (κ1) is 18.0. The van der Waals surface area contributed by atoms with E-state index in [1.54, 1.807) is 0 Å². The number of carbonyl (C=O) groups is 1. The summed E-state index contributed by atoms with van der Waals surface area (Å²) in [6, 6.07) is 9.98. The molecule has 0 aliphatic heterocycles. The third kappa shape index (κ3) is 3.54. The Balaban J connectivity index is 1.34. The Kier molecular flexibility index (Phi) is 4.04. The molecular formula is C21H25N7O. The molecule has 2 aromatic heterocycles. The second-order valence-electron chi connectivity index (χ2n) is 9.02. The summed E-state index contributed by atoms with van der Waals surface area (Å²) in [5.41, 5.74) is 3.13. The van der Waals surface area contributed by atoms with E-state index in [0.717, 1.165) is 35.6 Å². The van der Waals surface area contributed by atoms with Gasteiger partial charge < -0.3 is 5.32 Å². The average Bonchev–Trinajstić information content (AvgIpc) is 3.62. The number of carbonyl (C=O) groups excluding carboxylic acids is 1. The molecule has 1 aromatic carbocycles. The molecule has 2 heterocycles. The zero-order valence-corrected chi connectivity index (χ0v) is 17.0. The monoisotopic (exact) mass is 391 g/mol. The summed E-state index contributed by atoms with van der Waals surface area (Å²) in [4.78, 5) is 12.8. The van der Waals surface area contributed by atoms with Crippen LogP contribution in [0, 0.1) is 0 Å². The largest absolute Gasteiger partial charge is 0.321 e. The molecule has 5 rings (SSSR count). The van der Waals surface area contributed by atoms with Gasteiger partial charge in [-0.3, -0.25) is 9.48 Å². The van der Waals surface area contributed by atoms with Gasteiger partial charge in [-0.05, 0) is 87.2 Å². The molecule has 1 N–H and O–H groups in total. The van der Waals surface area contributed by atoms with Gasteiger partial charge in [-0.25, -0.2) is 4.68 Å².